The van der Waals surface area contributed by atoms with Crippen LogP contribution in [0.4, 0.5) is 5.69 Å². The van der Waals surface area contributed by atoms with E-state index >= 15 is 0 Å². The van der Waals surface area contributed by atoms with Gasteiger partial charge in [-0.3, -0.25) is 4.79 Å². The number of nitrogens with zero attached hydrogens (tertiary/aromatic N) is 1. The van der Waals surface area contributed by atoms with Gasteiger partial charge in [-0.05, 0) is 29.9 Å². The Balaban J connectivity index is 2.21. The van der Waals surface area contributed by atoms with Gasteiger partial charge in [-0.1, -0.05) is 12.1 Å². The molecule has 5 heteroatoms. The van der Waals surface area contributed by atoms with E-state index in [0.717, 1.165) is 24.3 Å². The third kappa shape index (κ3) is 2.30. The Hall–Kier alpha value is -1.62. The van der Waals surface area contributed by atoms with E-state index in [4.69, 9.17) is 17.3 Å². The van der Waals surface area contributed by atoms with Crippen LogP contribution in [0.2, 0.25) is 0 Å². The molecule has 2 rings (SSSR count). The first-order valence-electron chi connectivity index (χ1n) is 5.03. The van der Waals surface area contributed by atoms with Crippen molar-refractivity contribution in [2.24, 2.45) is 0 Å². The van der Waals surface area contributed by atoms with E-state index in [9.17, 15) is 4.79 Å². The maximum absolute atomic E-state index is 10.6. The number of thiocarbonyl (C=S) groups is 1. The molecule has 1 aliphatic rings. The van der Waals surface area contributed by atoms with Crippen LogP contribution in [0, 0.1) is 0 Å². The average molecular weight is 236 g/mol. The quantitative estimate of drug-likeness (QED) is 0.767. The van der Waals surface area contributed by atoms with E-state index in [-0.39, 0.29) is 6.42 Å². The van der Waals surface area contributed by atoms with Gasteiger partial charge < -0.3 is 15.3 Å². The summed E-state index contributed by atoms with van der Waals surface area (Å²) in [5, 5.41) is 12.5. The summed E-state index contributed by atoms with van der Waals surface area (Å²) in [4.78, 5) is 12.6. The molecule has 0 saturated carbocycles. The van der Waals surface area contributed by atoms with Crippen molar-refractivity contribution in [3.05, 3.63) is 29.8 Å². The first kappa shape index (κ1) is 10.9. The van der Waals surface area contributed by atoms with E-state index in [1.54, 1.807) is 0 Å². The van der Waals surface area contributed by atoms with Crippen LogP contribution >= 0.6 is 12.2 Å². The highest BCUT2D eigenvalue weighted by Gasteiger charge is 2.17. The first-order chi connectivity index (χ1) is 7.66. The van der Waals surface area contributed by atoms with Crippen LogP contribution in [0.1, 0.15) is 5.56 Å². The van der Waals surface area contributed by atoms with Crippen LogP contribution in [0.3, 0.4) is 0 Å². The monoisotopic (exact) mass is 236 g/mol. The second kappa shape index (κ2) is 4.49. The third-order valence-corrected chi connectivity index (χ3v) is 2.80. The van der Waals surface area contributed by atoms with Crippen molar-refractivity contribution in [1.29, 1.82) is 0 Å². The lowest BCUT2D eigenvalue weighted by molar-refractivity contribution is -0.136. The summed E-state index contributed by atoms with van der Waals surface area (Å²) in [6.45, 7) is 1.66. The van der Waals surface area contributed by atoms with E-state index in [2.05, 4.69) is 5.32 Å². The van der Waals surface area contributed by atoms with Crippen molar-refractivity contribution >= 4 is 29.0 Å². The standard InChI is InChI=1S/C11H12N2O2S/c14-10(15)7-8-2-1-3-9(6-8)13-5-4-12-11(13)16/h1-3,6H,4-5,7H2,(H,12,16)(H,14,15). The van der Waals surface area contributed by atoms with Gasteiger partial charge in [-0.15, -0.1) is 0 Å². The lowest BCUT2D eigenvalue weighted by atomic mass is 10.1. The Morgan fingerprint density at radius 3 is 3.00 bits per heavy atom. The molecule has 1 saturated heterocycles. The largest absolute Gasteiger partial charge is 0.481 e. The number of anilines is 1. The maximum atomic E-state index is 10.6. The van der Waals surface area contributed by atoms with Gasteiger partial charge in [-0.25, -0.2) is 0 Å². The number of hydrogen-bond donors (Lipinski definition) is 2. The van der Waals surface area contributed by atoms with Crippen LogP contribution in [-0.2, 0) is 11.2 Å². The molecule has 0 radical (unpaired) electrons. The molecule has 1 heterocycles. The number of aliphatic carboxylic acids is 1. The molecule has 16 heavy (non-hydrogen) atoms. The highest BCUT2D eigenvalue weighted by molar-refractivity contribution is 7.80. The van der Waals surface area contributed by atoms with Crippen LogP contribution < -0.4 is 10.2 Å². The highest BCUT2D eigenvalue weighted by atomic mass is 32.1. The van der Waals surface area contributed by atoms with E-state index in [0.29, 0.717) is 5.11 Å². The van der Waals surface area contributed by atoms with E-state index in [1.807, 2.05) is 29.2 Å². The molecule has 0 atom stereocenters. The van der Waals surface area contributed by atoms with Gasteiger partial charge >= 0.3 is 5.97 Å². The molecule has 0 bridgehead atoms. The van der Waals surface area contributed by atoms with E-state index in [1.165, 1.54) is 0 Å². The highest BCUT2D eigenvalue weighted by Crippen LogP contribution is 2.18. The number of nitrogens with one attached hydrogen (secondary N) is 1. The minimum Gasteiger partial charge on any atom is -0.481 e. The number of rotatable bonds is 3. The summed E-state index contributed by atoms with van der Waals surface area (Å²) < 4.78 is 0. The summed E-state index contributed by atoms with van der Waals surface area (Å²) in [7, 11) is 0. The van der Waals surface area contributed by atoms with Gasteiger partial charge in [0.05, 0.1) is 6.42 Å². The number of hydrogen-bond acceptors (Lipinski definition) is 2. The topological polar surface area (TPSA) is 52.6 Å². The molecule has 0 unspecified atom stereocenters. The van der Waals surface area contributed by atoms with E-state index < -0.39 is 5.97 Å². The molecule has 4 nitrogen and oxygen atoms in total. The summed E-state index contributed by atoms with van der Waals surface area (Å²) >= 11 is 5.15. The summed E-state index contributed by atoms with van der Waals surface area (Å²) in [6.07, 6.45) is 0.0435. The zero-order valence-electron chi connectivity index (χ0n) is 8.64. The predicted molar refractivity (Wildman–Crippen MR) is 65.7 cm³/mol. The van der Waals surface area contributed by atoms with Crippen LogP contribution in [0.25, 0.3) is 0 Å². The van der Waals surface area contributed by atoms with Crippen molar-refractivity contribution in [1.82, 2.24) is 5.32 Å². The minimum atomic E-state index is -0.820. The molecule has 1 aromatic carbocycles. The number of carboxylic acid groups (broad SMARTS) is 1. The van der Waals surface area contributed by atoms with Gasteiger partial charge in [0.2, 0.25) is 0 Å². The molecule has 0 aromatic heterocycles. The van der Waals surface area contributed by atoms with Gasteiger partial charge in [0.1, 0.15) is 0 Å². The fourth-order valence-electron chi connectivity index (χ4n) is 1.73. The molecule has 1 aromatic rings. The Morgan fingerprint density at radius 2 is 2.38 bits per heavy atom. The van der Waals surface area contributed by atoms with Gasteiger partial charge in [-0.2, -0.15) is 0 Å². The molecule has 84 valence electrons. The van der Waals surface area contributed by atoms with Crippen LogP contribution in [-0.4, -0.2) is 29.3 Å². The van der Waals surface area contributed by atoms with Crippen LogP contribution in [0.5, 0.6) is 0 Å². The fourth-order valence-corrected chi connectivity index (χ4v) is 2.03. The summed E-state index contributed by atoms with van der Waals surface area (Å²) in [5.41, 5.74) is 1.74. The zero-order valence-corrected chi connectivity index (χ0v) is 9.46. The average Bonchev–Trinajstić information content (AvgIpc) is 2.64. The number of carbonyl (C=O) groups is 1. The van der Waals surface area contributed by atoms with Crippen LogP contribution in [0.15, 0.2) is 24.3 Å². The Kier molecular flexibility index (Phi) is 3.05. The van der Waals surface area contributed by atoms with Crippen molar-refractivity contribution < 1.29 is 9.90 Å². The molecule has 1 fully saturated rings. The lowest BCUT2D eigenvalue weighted by Gasteiger charge is -2.17. The normalized spacial score (nSPS) is 15.0. The van der Waals surface area contributed by atoms with Crippen molar-refractivity contribution in [3.8, 4) is 0 Å². The Morgan fingerprint density at radius 1 is 1.56 bits per heavy atom. The Bertz CT molecular complexity index is 434. The SMILES string of the molecule is O=C(O)Cc1cccc(N2CCNC2=S)c1. The molecule has 2 N–H and O–H groups in total. The smallest absolute Gasteiger partial charge is 0.307 e. The predicted octanol–water partition coefficient (Wildman–Crippen LogP) is 1.01. The molecular formula is C11H12N2O2S. The lowest BCUT2D eigenvalue weighted by Crippen LogP contribution is -2.27. The van der Waals surface area contributed by atoms with Gasteiger partial charge in [0.25, 0.3) is 0 Å². The molecule has 1 aliphatic heterocycles. The third-order valence-electron chi connectivity index (χ3n) is 2.43. The molecule has 0 aliphatic carbocycles. The van der Waals surface area contributed by atoms with Crippen molar-refractivity contribution in [3.63, 3.8) is 0 Å². The fraction of sp³-hybridized carbons (Fsp3) is 0.273. The second-order valence-corrected chi connectivity index (χ2v) is 4.01. The van der Waals surface area contributed by atoms with Gasteiger partial charge in [0.15, 0.2) is 5.11 Å². The Labute approximate surface area is 98.9 Å². The van der Waals surface area contributed by atoms with Crippen molar-refractivity contribution in [2.45, 2.75) is 6.42 Å². The maximum Gasteiger partial charge on any atom is 0.307 e. The van der Waals surface area contributed by atoms with Gasteiger partial charge in [0, 0.05) is 18.8 Å². The second-order valence-electron chi connectivity index (χ2n) is 3.62. The minimum absolute atomic E-state index is 0.0435. The summed E-state index contributed by atoms with van der Waals surface area (Å²) in [6, 6.07) is 7.47. The zero-order chi connectivity index (χ0) is 11.5. The number of benzene rings is 1. The van der Waals surface area contributed by atoms with Crippen molar-refractivity contribution in [2.75, 3.05) is 18.0 Å². The molecular weight excluding hydrogens is 224 g/mol. The first-order valence-corrected chi connectivity index (χ1v) is 5.44. The molecule has 0 spiro atoms. The number of carboxylic acids is 1. The summed E-state index contributed by atoms with van der Waals surface area (Å²) in [5.74, 6) is -0.820. The molecule has 0 amide bonds.